The van der Waals surface area contributed by atoms with Crippen molar-refractivity contribution in [1.29, 1.82) is 0 Å². The van der Waals surface area contributed by atoms with Crippen LogP contribution in [0.3, 0.4) is 0 Å². The van der Waals surface area contributed by atoms with Gasteiger partial charge < -0.3 is 34.3 Å². The molecule has 13 heteroatoms. The number of hydrogen-bond donors (Lipinski definition) is 4. The molecular weight excluding hydrogens is 801 g/mol. The van der Waals surface area contributed by atoms with Crippen LogP contribution in [0.15, 0.2) is 0 Å². The smallest absolute Gasteiger partial charge is 0.306 e. The highest BCUT2D eigenvalue weighted by Crippen LogP contribution is 2.24. The molecule has 1 heterocycles. The van der Waals surface area contributed by atoms with Crippen LogP contribution in [0.5, 0.6) is 0 Å². The summed E-state index contributed by atoms with van der Waals surface area (Å²) in [6.07, 6.45) is 31.5. The normalized spacial score (nSPS) is 19.9. The van der Waals surface area contributed by atoms with Crippen molar-refractivity contribution in [2.75, 3.05) is 19.0 Å². The lowest BCUT2D eigenvalue weighted by Gasteiger charge is -2.40. The molecule has 0 amide bonds. The van der Waals surface area contributed by atoms with Crippen molar-refractivity contribution in [2.24, 2.45) is 0 Å². The Kier molecular flexibility index (Phi) is 36.9. The zero-order valence-corrected chi connectivity index (χ0v) is 39.6. The zero-order chi connectivity index (χ0) is 44.8. The SMILES string of the molecule is CCCCCCCCCCCCCCCCCCCCCCCC(=O)O[C@H](COC(=O)CCCCCCCCCCCCCC)CO[C@H]1O[C@H](CS(=O)(=O)O)[C@@H](O)C(O)C1O. The molecule has 0 aromatic carbocycles. The fourth-order valence-corrected chi connectivity index (χ4v) is 8.72. The van der Waals surface area contributed by atoms with Gasteiger partial charge >= 0.3 is 11.9 Å². The largest absolute Gasteiger partial charge is 0.462 e. The van der Waals surface area contributed by atoms with Gasteiger partial charge in [-0.2, -0.15) is 8.42 Å². The molecule has 0 bridgehead atoms. The van der Waals surface area contributed by atoms with Gasteiger partial charge in [-0.05, 0) is 12.8 Å². The Hall–Kier alpha value is -1.35. The van der Waals surface area contributed by atoms with Crippen molar-refractivity contribution < 1.29 is 56.8 Å². The van der Waals surface area contributed by atoms with Gasteiger partial charge in [-0.25, -0.2) is 0 Å². The number of aliphatic hydroxyl groups excluding tert-OH is 3. The van der Waals surface area contributed by atoms with E-state index >= 15 is 0 Å². The zero-order valence-electron chi connectivity index (χ0n) is 38.8. The third-order valence-corrected chi connectivity index (χ3v) is 12.7. The van der Waals surface area contributed by atoms with Crippen LogP contribution in [-0.2, 0) is 38.7 Å². The Morgan fingerprint density at radius 1 is 0.492 bits per heavy atom. The highest BCUT2D eigenvalue weighted by Gasteiger charge is 2.46. The summed E-state index contributed by atoms with van der Waals surface area (Å²) in [6.45, 7) is 3.79. The van der Waals surface area contributed by atoms with E-state index < -0.39 is 71.2 Å². The molecule has 1 aliphatic rings. The molecule has 0 radical (unpaired) electrons. The van der Waals surface area contributed by atoms with Gasteiger partial charge in [-0.1, -0.05) is 213 Å². The summed E-state index contributed by atoms with van der Waals surface area (Å²) >= 11 is 0. The minimum absolute atomic E-state index is 0.173. The number of rotatable bonds is 43. The summed E-state index contributed by atoms with van der Waals surface area (Å²) in [5.41, 5.74) is 0. The fraction of sp³-hybridized carbons (Fsp3) is 0.958. The second-order valence-corrected chi connectivity index (χ2v) is 19.3. The van der Waals surface area contributed by atoms with E-state index in [-0.39, 0.29) is 19.4 Å². The van der Waals surface area contributed by atoms with Crippen molar-refractivity contribution in [2.45, 2.75) is 275 Å². The number of carbonyl (C=O) groups excluding carboxylic acids is 2. The van der Waals surface area contributed by atoms with Crippen LogP contribution in [0, 0.1) is 0 Å². The van der Waals surface area contributed by atoms with Gasteiger partial charge in [0.25, 0.3) is 10.1 Å². The molecule has 362 valence electrons. The molecule has 1 saturated heterocycles. The monoisotopic (exact) mass is 893 g/mol. The first-order valence-electron chi connectivity index (χ1n) is 25.1. The lowest BCUT2D eigenvalue weighted by atomic mass is 10.00. The second-order valence-electron chi connectivity index (χ2n) is 17.9. The molecule has 0 aromatic heterocycles. The molecular formula is C48H92O12S. The van der Waals surface area contributed by atoms with Crippen LogP contribution in [0.1, 0.15) is 239 Å². The van der Waals surface area contributed by atoms with E-state index in [1.54, 1.807) is 0 Å². The summed E-state index contributed by atoms with van der Waals surface area (Å²) < 4.78 is 54.2. The molecule has 1 aliphatic heterocycles. The maximum atomic E-state index is 12.8. The third-order valence-electron chi connectivity index (χ3n) is 11.9. The van der Waals surface area contributed by atoms with Crippen molar-refractivity contribution in [3.63, 3.8) is 0 Å². The van der Waals surface area contributed by atoms with Gasteiger partial charge in [0.2, 0.25) is 0 Å². The van der Waals surface area contributed by atoms with E-state index in [0.717, 1.165) is 38.5 Å². The molecule has 1 rings (SSSR count). The lowest BCUT2D eigenvalue weighted by Crippen LogP contribution is -2.60. The minimum Gasteiger partial charge on any atom is -0.462 e. The van der Waals surface area contributed by atoms with E-state index in [1.807, 2.05) is 0 Å². The lowest BCUT2D eigenvalue weighted by molar-refractivity contribution is -0.297. The van der Waals surface area contributed by atoms with Gasteiger partial charge in [-0.3, -0.25) is 14.1 Å². The Morgan fingerprint density at radius 3 is 1.20 bits per heavy atom. The quantitative estimate of drug-likeness (QED) is 0.0258. The Labute approximate surface area is 372 Å². The van der Waals surface area contributed by atoms with Gasteiger partial charge in [0.15, 0.2) is 12.4 Å². The minimum atomic E-state index is -4.60. The molecule has 0 aromatic rings. The number of esters is 2. The molecule has 0 spiro atoms. The average molecular weight is 893 g/mol. The highest BCUT2D eigenvalue weighted by molar-refractivity contribution is 7.85. The summed E-state index contributed by atoms with van der Waals surface area (Å²) in [6, 6.07) is 0. The Balaban J connectivity index is 2.34. The third kappa shape index (κ3) is 33.8. The number of aliphatic hydroxyl groups is 3. The number of ether oxygens (including phenoxy) is 4. The maximum absolute atomic E-state index is 12.8. The number of unbranched alkanes of at least 4 members (excludes halogenated alkanes) is 31. The van der Waals surface area contributed by atoms with Crippen LogP contribution in [0.25, 0.3) is 0 Å². The van der Waals surface area contributed by atoms with Gasteiger partial charge in [0.05, 0.1) is 6.61 Å². The topological polar surface area (TPSA) is 186 Å². The second kappa shape index (κ2) is 39.1. The summed E-state index contributed by atoms with van der Waals surface area (Å²) in [5.74, 6) is -1.96. The maximum Gasteiger partial charge on any atom is 0.306 e. The average Bonchev–Trinajstić information content (AvgIpc) is 3.22. The Morgan fingerprint density at radius 2 is 0.836 bits per heavy atom. The standard InChI is InChI=1S/C48H92O12S/c1-3-5-7-9-11-13-15-17-18-19-20-21-22-23-24-25-27-29-31-33-35-37-44(50)59-41(39-58-48-47(53)46(52)45(51)42(60-48)40-61(54,55)56)38-57-43(49)36-34-32-30-28-26-16-14-12-10-8-6-4-2/h41-42,45-48,51-53H,3-40H2,1-2H3,(H,54,55,56)/t41-,42-,45-,46?,47?,48+/m1/s1. The first kappa shape index (κ1) is 57.7. The molecule has 1 fully saturated rings. The van der Waals surface area contributed by atoms with E-state index in [4.69, 9.17) is 18.9 Å². The fourth-order valence-electron chi connectivity index (χ4n) is 8.03. The first-order chi connectivity index (χ1) is 29.5. The van der Waals surface area contributed by atoms with Crippen LogP contribution < -0.4 is 0 Å². The molecule has 6 atom stereocenters. The van der Waals surface area contributed by atoms with Gasteiger partial charge in [0, 0.05) is 12.8 Å². The van der Waals surface area contributed by atoms with E-state index in [1.165, 1.54) is 161 Å². The molecule has 4 N–H and O–H groups in total. The van der Waals surface area contributed by atoms with Crippen LogP contribution in [-0.4, -0.2) is 96.0 Å². The Bertz CT molecular complexity index is 1140. The molecule has 0 aliphatic carbocycles. The van der Waals surface area contributed by atoms with E-state index in [9.17, 15) is 37.9 Å². The van der Waals surface area contributed by atoms with Crippen molar-refractivity contribution in [3.05, 3.63) is 0 Å². The predicted molar refractivity (Wildman–Crippen MR) is 243 cm³/mol. The van der Waals surface area contributed by atoms with Gasteiger partial charge in [0.1, 0.15) is 36.8 Å². The van der Waals surface area contributed by atoms with Crippen LogP contribution in [0.2, 0.25) is 0 Å². The summed E-state index contributed by atoms with van der Waals surface area (Å²) in [4.78, 5) is 25.4. The van der Waals surface area contributed by atoms with Crippen molar-refractivity contribution in [3.8, 4) is 0 Å². The van der Waals surface area contributed by atoms with E-state index in [0.29, 0.717) is 12.8 Å². The molecule has 12 nitrogen and oxygen atoms in total. The number of carbonyl (C=O) groups is 2. The molecule has 2 unspecified atom stereocenters. The molecule has 61 heavy (non-hydrogen) atoms. The van der Waals surface area contributed by atoms with Crippen molar-refractivity contribution >= 4 is 22.1 Å². The van der Waals surface area contributed by atoms with Gasteiger partial charge in [-0.15, -0.1) is 0 Å². The van der Waals surface area contributed by atoms with E-state index in [2.05, 4.69) is 13.8 Å². The molecule has 0 saturated carbocycles. The van der Waals surface area contributed by atoms with Crippen LogP contribution in [0.4, 0.5) is 0 Å². The highest BCUT2D eigenvalue weighted by atomic mass is 32.2. The first-order valence-corrected chi connectivity index (χ1v) is 26.7. The summed E-state index contributed by atoms with van der Waals surface area (Å²) in [7, 11) is -4.60. The summed E-state index contributed by atoms with van der Waals surface area (Å²) in [5, 5.41) is 30.9. The predicted octanol–water partition coefficient (Wildman–Crippen LogP) is 10.8. The van der Waals surface area contributed by atoms with Crippen LogP contribution >= 0.6 is 0 Å². The number of hydrogen-bond acceptors (Lipinski definition) is 11. The van der Waals surface area contributed by atoms with Crippen molar-refractivity contribution in [1.82, 2.24) is 0 Å².